The zero-order valence-corrected chi connectivity index (χ0v) is 14.0. The van der Waals surface area contributed by atoms with E-state index >= 15 is 0 Å². The molecule has 0 saturated heterocycles. The zero-order valence-electron chi connectivity index (χ0n) is 13.2. The number of hydrogen-bond acceptors (Lipinski definition) is 4. The van der Waals surface area contributed by atoms with E-state index in [2.05, 4.69) is 4.98 Å². The van der Waals surface area contributed by atoms with Gasteiger partial charge < -0.3 is 10.8 Å². The third kappa shape index (κ3) is 4.69. The first-order valence-corrected chi connectivity index (χ1v) is 8.32. The monoisotopic (exact) mass is 324 g/mol. The third-order valence-corrected chi connectivity index (χ3v) is 3.95. The summed E-state index contributed by atoms with van der Waals surface area (Å²) in [6.45, 7) is 4.00. The normalized spacial score (nSPS) is 11.0. The van der Waals surface area contributed by atoms with Gasteiger partial charge in [-0.25, -0.2) is 4.98 Å². The quantitative estimate of drug-likeness (QED) is 0.505. The summed E-state index contributed by atoms with van der Waals surface area (Å²) in [4.78, 5) is 4.48. The van der Waals surface area contributed by atoms with Crippen molar-refractivity contribution in [1.82, 2.24) is 4.98 Å². The lowest BCUT2D eigenvalue weighted by Gasteiger charge is -1.93. The van der Waals surface area contributed by atoms with Crippen LogP contribution in [0.15, 0.2) is 54.6 Å². The predicted octanol–water partition coefficient (Wildman–Crippen LogP) is 5.34. The first-order valence-electron chi connectivity index (χ1n) is 7.50. The number of nitrogen functional groups attached to an aromatic ring is 1. The van der Waals surface area contributed by atoms with Crippen molar-refractivity contribution in [2.24, 2.45) is 0 Å². The molecule has 2 aromatic carbocycles. The first-order chi connectivity index (χ1) is 11.2. The van der Waals surface area contributed by atoms with Crippen molar-refractivity contribution in [2.45, 2.75) is 13.8 Å². The van der Waals surface area contributed by atoms with Crippen LogP contribution in [-0.2, 0) is 0 Å². The zero-order chi connectivity index (χ0) is 16.7. The van der Waals surface area contributed by atoms with E-state index in [4.69, 9.17) is 5.73 Å². The maximum atomic E-state index is 9.44. The summed E-state index contributed by atoms with van der Waals surface area (Å²) in [5.41, 5.74) is 8.41. The highest BCUT2D eigenvalue weighted by Gasteiger charge is 2.01. The average Bonchev–Trinajstić information content (AvgIpc) is 2.97. The molecule has 3 nitrogen and oxygen atoms in total. The van der Waals surface area contributed by atoms with E-state index < -0.39 is 0 Å². The summed E-state index contributed by atoms with van der Waals surface area (Å²) in [5.74, 6) is 0.268. The number of aromatic nitrogens is 1. The molecule has 0 aliphatic carbocycles. The van der Waals surface area contributed by atoms with Gasteiger partial charge in [0, 0.05) is 5.69 Å². The summed E-state index contributed by atoms with van der Waals surface area (Å²) < 4.78 is 0.983. The first kappa shape index (κ1) is 16.8. The van der Waals surface area contributed by atoms with Gasteiger partial charge in [-0.1, -0.05) is 44.2 Å². The summed E-state index contributed by atoms with van der Waals surface area (Å²) >= 11 is 1.55. The molecular weight excluding hydrogens is 304 g/mol. The molecule has 0 unspecified atom stereocenters. The fraction of sp³-hybridized carbons (Fsp3) is 0.105. The minimum Gasteiger partial charge on any atom is -0.508 e. The Balaban J connectivity index is 0.000000924. The van der Waals surface area contributed by atoms with Gasteiger partial charge in [-0.3, -0.25) is 0 Å². The van der Waals surface area contributed by atoms with Gasteiger partial charge in [0.25, 0.3) is 0 Å². The van der Waals surface area contributed by atoms with E-state index in [9.17, 15) is 5.11 Å². The summed E-state index contributed by atoms with van der Waals surface area (Å²) in [6, 6.07) is 12.9. The van der Waals surface area contributed by atoms with Gasteiger partial charge in [-0.15, -0.1) is 11.3 Å². The van der Waals surface area contributed by atoms with Crippen molar-refractivity contribution in [2.75, 3.05) is 5.73 Å². The Morgan fingerprint density at radius 3 is 2.43 bits per heavy atom. The molecule has 118 valence electrons. The number of nitrogens with zero attached hydrogens (tertiary/aromatic N) is 1. The van der Waals surface area contributed by atoms with Crippen molar-refractivity contribution >= 4 is 39.4 Å². The van der Waals surface area contributed by atoms with Gasteiger partial charge in [0.05, 0.1) is 10.2 Å². The number of benzene rings is 2. The van der Waals surface area contributed by atoms with Crippen LogP contribution in [-0.4, -0.2) is 10.1 Å². The predicted molar refractivity (Wildman–Crippen MR) is 102 cm³/mol. The van der Waals surface area contributed by atoms with Crippen LogP contribution in [0.1, 0.15) is 24.4 Å². The Bertz CT molecular complexity index is 817. The Kier molecular flexibility index (Phi) is 5.94. The summed E-state index contributed by atoms with van der Waals surface area (Å²) in [7, 11) is 0. The molecule has 0 bridgehead atoms. The van der Waals surface area contributed by atoms with Crippen LogP contribution < -0.4 is 5.73 Å². The molecule has 0 atom stereocenters. The number of rotatable bonds is 3. The molecule has 0 amide bonds. The van der Waals surface area contributed by atoms with Gasteiger partial charge in [0.2, 0.25) is 0 Å². The van der Waals surface area contributed by atoms with Crippen LogP contribution in [0, 0.1) is 0 Å². The van der Waals surface area contributed by atoms with E-state index in [1.807, 2.05) is 68.5 Å². The van der Waals surface area contributed by atoms with Crippen molar-refractivity contribution in [3.63, 3.8) is 0 Å². The van der Waals surface area contributed by atoms with Gasteiger partial charge >= 0.3 is 0 Å². The molecule has 0 aliphatic heterocycles. The molecule has 0 saturated carbocycles. The molecule has 0 spiro atoms. The Hall–Kier alpha value is -2.59. The van der Waals surface area contributed by atoms with Crippen LogP contribution >= 0.6 is 11.3 Å². The fourth-order valence-corrected chi connectivity index (χ4v) is 2.83. The highest BCUT2D eigenvalue weighted by atomic mass is 32.1. The molecule has 0 fully saturated rings. The van der Waals surface area contributed by atoms with E-state index in [-0.39, 0.29) is 5.75 Å². The van der Waals surface area contributed by atoms with Crippen LogP contribution in [0.25, 0.3) is 22.4 Å². The topological polar surface area (TPSA) is 59.1 Å². The second-order valence-electron chi connectivity index (χ2n) is 4.59. The third-order valence-electron chi connectivity index (χ3n) is 2.96. The number of nitrogens with two attached hydrogens (primary N) is 1. The van der Waals surface area contributed by atoms with Gasteiger partial charge in [0.15, 0.2) is 0 Å². The van der Waals surface area contributed by atoms with Crippen molar-refractivity contribution in [1.29, 1.82) is 0 Å². The lowest BCUT2D eigenvalue weighted by molar-refractivity contribution is 0.476. The van der Waals surface area contributed by atoms with Crippen LogP contribution in [0.3, 0.4) is 0 Å². The fourth-order valence-electron chi connectivity index (χ4n) is 1.91. The maximum Gasteiger partial charge on any atom is 0.117 e. The molecule has 23 heavy (non-hydrogen) atoms. The number of anilines is 1. The lowest BCUT2D eigenvalue weighted by Crippen LogP contribution is -1.82. The molecule has 1 aromatic heterocycles. The standard InChI is InChI=1S/C17H14N2OS.C2H6/c18-13-7-5-12(6-8-13)3-1-2-4-17-19-15-10-9-14(20)11-16(15)21-17;1-2/h1-11,20H,18H2;1-2H3/b3-1+,4-2+;. The SMILES string of the molecule is CC.Nc1ccc(/C=C/C=C/c2nc3ccc(O)cc3s2)cc1. The molecule has 0 aliphatic rings. The summed E-state index contributed by atoms with van der Waals surface area (Å²) in [5, 5.41) is 10.4. The smallest absolute Gasteiger partial charge is 0.117 e. The van der Waals surface area contributed by atoms with Gasteiger partial charge in [-0.05, 0) is 42.0 Å². The average molecular weight is 324 g/mol. The number of thiazole rings is 1. The Morgan fingerprint density at radius 2 is 1.70 bits per heavy atom. The Labute approximate surface area is 140 Å². The number of fused-ring (bicyclic) bond motifs is 1. The summed E-state index contributed by atoms with van der Waals surface area (Å²) in [6.07, 6.45) is 7.88. The maximum absolute atomic E-state index is 9.44. The minimum atomic E-state index is 0.268. The molecule has 4 heteroatoms. The molecule has 0 radical (unpaired) electrons. The van der Waals surface area contributed by atoms with Crippen molar-refractivity contribution in [3.8, 4) is 5.75 Å². The number of phenolic OH excluding ortho intramolecular Hbond substituents is 1. The number of phenols is 1. The number of hydrogen-bond donors (Lipinski definition) is 2. The highest BCUT2D eigenvalue weighted by molar-refractivity contribution is 7.19. The molecule has 3 aromatic rings. The van der Waals surface area contributed by atoms with Crippen LogP contribution in [0.2, 0.25) is 0 Å². The van der Waals surface area contributed by atoms with E-state index in [1.54, 1.807) is 23.5 Å². The molecule has 1 heterocycles. The van der Waals surface area contributed by atoms with E-state index in [0.29, 0.717) is 0 Å². The minimum absolute atomic E-state index is 0.268. The molecular formula is C19H20N2OS. The van der Waals surface area contributed by atoms with Crippen molar-refractivity contribution in [3.05, 3.63) is 65.2 Å². The molecule has 3 N–H and O–H groups in total. The highest BCUT2D eigenvalue weighted by Crippen LogP contribution is 2.26. The Morgan fingerprint density at radius 1 is 1.00 bits per heavy atom. The van der Waals surface area contributed by atoms with Crippen molar-refractivity contribution < 1.29 is 5.11 Å². The second-order valence-corrected chi connectivity index (χ2v) is 5.65. The largest absolute Gasteiger partial charge is 0.508 e. The number of allylic oxidation sites excluding steroid dienone is 2. The van der Waals surface area contributed by atoms with Crippen LogP contribution in [0.4, 0.5) is 5.69 Å². The molecule has 3 rings (SSSR count). The van der Waals surface area contributed by atoms with E-state index in [0.717, 1.165) is 26.5 Å². The second kappa shape index (κ2) is 8.15. The number of aromatic hydroxyl groups is 1. The lowest BCUT2D eigenvalue weighted by atomic mass is 10.2. The van der Waals surface area contributed by atoms with Gasteiger partial charge in [-0.2, -0.15) is 0 Å². The van der Waals surface area contributed by atoms with Crippen LogP contribution in [0.5, 0.6) is 5.75 Å². The van der Waals surface area contributed by atoms with E-state index in [1.165, 1.54) is 0 Å². The van der Waals surface area contributed by atoms with Gasteiger partial charge in [0.1, 0.15) is 10.8 Å².